The molecule has 0 aliphatic carbocycles. The Morgan fingerprint density at radius 3 is 2.35 bits per heavy atom. The summed E-state index contributed by atoms with van der Waals surface area (Å²) in [5.41, 5.74) is 6.92. The van der Waals surface area contributed by atoms with Crippen LogP contribution in [0, 0.1) is 5.92 Å². The number of amides is 1. The van der Waals surface area contributed by atoms with E-state index in [4.69, 9.17) is 17.3 Å². The SMILES string of the molecule is CC(N)C(C)C(=O)NCCN1CCN(c2cccc(Cl)c2)CC1.Cl.Cl.Cl. The van der Waals surface area contributed by atoms with Crippen molar-refractivity contribution in [1.29, 1.82) is 0 Å². The first kappa shape index (κ1) is 27.8. The predicted molar refractivity (Wildman–Crippen MR) is 118 cm³/mol. The van der Waals surface area contributed by atoms with Crippen molar-refractivity contribution >= 4 is 60.4 Å². The Hall–Kier alpha value is -0.430. The van der Waals surface area contributed by atoms with Gasteiger partial charge < -0.3 is 16.0 Å². The lowest BCUT2D eigenvalue weighted by molar-refractivity contribution is -0.124. The number of halogens is 4. The van der Waals surface area contributed by atoms with Gasteiger partial charge in [-0.1, -0.05) is 24.6 Å². The molecule has 1 amide bonds. The van der Waals surface area contributed by atoms with Crippen LogP contribution >= 0.6 is 48.8 Å². The van der Waals surface area contributed by atoms with Crippen LogP contribution in [0.5, 0.6) is 0 Å². The number of rotatable bonds is 6. The lowest BCUT2D eigenvalue weighted by Gasteiger charge is -2.36. The first-order chi connectivity index (χ1) is 11.0. The molecule has 1 fully saturated rings. The third kappa shape index (κ3) is 8.51. The summed E-state index contributed by atoms with van der Waals surface area (Å²) in [5.74, 6) is -0.104. The molecule has 1 aliphatic heterocycles. The average molecular weight is 448 g/mol. The van der Waals surface area contributed by atoms with Crippen LogP contribution in [0.1, 0.15) is 13.8 Å². The number of nitrogens with zero attached hydrogens (tertiary/aromatic N) is 2. The van der Waals surface area contributed by atoms with Gasteiger partial charge in [-0.2, -0.15) is 0 Å². The molecule has 1 aliphatic rings. The molecule has 1 aromatic carbocycles. The second kappa shape index (κ2) is 13.7. The first-order valence-corrected chi connectivity index (χ1v) is 8.61. The summed E-state index contributed by atoms with van der Waals surface area (Å²) in [4.78, 5) is 16.6. The van der Waals surface area contributed by atoms with Gasteiger partial charge in [-0.3, -0.25) is 9.69 Å². The fraction of sp³-hybridized carbons (Fsp3) is 0.588. The number of hydrogen-bond acceptors (Lipinski definition) is 4. The Bertz CT molecular complexity index is 525. The van der Waals surface area contributed by atoms with E-state index in [1.807, 2.05) is 32.0 Å². The van der Waals surface area contributed by atoms with Crippen LogP contribution in [-0.2, 0) is 4.79 Å². The molecule has 9 heteroatoms. The van der Waals surface area contributed by atoms with Gasteiger partial charge in [0.25, 0.3) is 0 Å². The summed E-state index contributed by atoms with van der Waals surface area (Å²) in [6, 6.07) is 7.87. The molecule has 1 saturated heterocycles. The van der Waals surface area contributed by atoms with E-state index in [1.165, 1.54) is 5.69 Å². The van der Waals surface area contributed by atoms with Crippen LogP contribution in [-0.4, -0.2) is 56.1 Å². The summed E-state index contributed by atoms with van der Waals surface area (Å²) in [5, 5.41) is 3.74. The van der Waals surface area contributed by atoms with Gasteiger partial charge in [0.05, 0.1) is 0 Å². The number of anilines is 1. The molecule has 0 radical (unpaired) electrons. The van der Waals surface area contributed by atoms with Crippen LogP contribution < -0.4 is 16.0 Å². The highest BCUT2D eigenvalue weighted by molar-refractivity contribution is 6.30. The van der Waals surface area contributed by atoms with E-state index in [0.29, 0.717) is 6.54 Å². The molecule has 2 rings (SSSR count). The van der Waals surface area contributed by atoms with Crippen molar-refractivity contribution in [2.45, 2.75) is 19.9 Å². The fourth-order valence-electron chi connectivity index (χ4n) is 2.64. The molecule has 5 nitrogen and oxygen atoms in total. The van der Waals surface area contributed by atoms with E-state index in [1.54, 1.807) is 0 Å². The molecule has 2 atom stereocenters. The molecule has 2 unspecified atom stereocenters. The Morgan fingerprint density at radius 1 is 1.19 bits per heavy atom. The fourth-order valence-corrected chi connectivity index (χ4v) is 2.82. The molecule has 3 N–H and O–H groups in total. The van der Waals surface area contributed by atoms with E-state index < -0.39 is 0 Å². The first-order valence-electron chi connectivity index (χ1n) is 8.23. The maximum absolute atomic E-state index is 11.9. The lowest BCUT2D eigenvalue weighted by Crippen LogP contribution is -2.49. The van der Waals surface area contributed by atoms with Crippen molar-refractivity contribution in [1.82, 2.24) is 10.2 Å². The van der Waals surface area contributed by atoms with Crippen LogP contribution in [0.2, 0.25) is 5.02 Å². The Morgan fingerprint density at radius 2 is 1.81 bits per heavy atom. The summed E-state index contributed by atoms with van der Waals surface area (Å²) >= 11 is 6.05. The number of nitrogens with one attached hydrogen (secondary N) is 1. The minimum absolute atomic E-state index is 0. The quantitative estimate of drug-likeness (QED) is 0.703. The third-order valence-electron chi connectivity index (χ3n) is 4.48. The summed E-state index contributed by atoms with van der Waals surface area (Å²) in [6.45, 7) is 9.21. The van der Waals surface area contributed by atoms with Crippen molar-refractivity contribution in [3.63, 3.8) is 0 Å². The Balaban J connectivity index is 0. The second-order valence-corrected chi connectivity index (χ2v) is 6.68. The van der Waals surface area contributed by atoms with Crippen molar-refractivity contribution in [3.8, 4) is 0 Å². The van der Waals surface area contributed by atoms with Crippen molar-refractivity contribution in [2.75, 3.05) is 44.2 Å². The second-order valence-electron chi connectivity index (χ2n) is 6.25. The number of piperazine rings is 1. The van der Waals surface area contributed by atoms with Gasteiger partial charge in [-0.25, -0.2) is 0 Å². The minimum atomic E-state index is -0.144. The largest absolute Gasteiger partial charge is 0.369 e. The van der Waals surface area contributed by atoms with Gasteiger partial charge >= 0.3 is 0 Å². The average Bonchev–Trinajstić information content (AvgIpc) is 2.54. The van der Waals surface area contributed by atoms with Crippen molar-refractivity contribution < 1.29 is 4.79 Å². The normalized spacial score (nSPS) is 16.4. The number of nitrogens with two attached hydrogens (primary N) is 1. The highest BCUT2D eigenvalue weighted by Gasteiger charge is 2.19. The standard InChI is InChI=1S/C17H27ClN4O.3ClH/c1-13(14(2)19)17(23)20-6-7-21-8-10-22(11-9-21)16-5-3-4-15(18)12-16;;;/h3-5,12-14H,6-11,19H2,1-2H3,(H,20,23);3*1H. The predicted octanol–water partition coefficient (Wildman–Crippen LogP) is 2.83. The van der Waals surface area contributed by atoms with E-state index in [-0.39, 0.29) is 55.1 Å². The summed E-state index contributed by atoms with van der Waals surface area (Å²) in [6.07, 6.45) is 0. The molecule has 1 heterocycles. The topological polar surface area (TPSA) is 61.6 Å². The van der Waals surface area contributed by atoms with E-state index in [2.05, 4.69) is 21.2 Å². The Labute approximate surface area is 180 Å². The smallest absolute Gasteiger partial charge is 0.224 e. The molecular formula is C17H30Cl4N4O. The molecular weight excluding hydrogens is 418 g/mol. The van der Waals surface area contributed by atoms with Crippen LogP contribution in [0.4, 0.5) is 5.69 Å². The van der Waals surface area contributed by atoms with Gasteiger partial charge in [0, 0.05) is 61.9 Å². The number of carbonyl (C=O) groups is 1. The minimum Gasteiger partial charge on any atom is -0.369 e. The monoisotopic (exact) mass is 446 g/mol. The van der Waals surface area contributed by atoms with E-state index in [0.717, 1.165) is 37.7 Å². The third-order valence-corrected chi connectivity index (χ3v) is 4.71. The van der Waals surface area contributed by atoms with Gasteiger partial charge in [-0.05, 0) is 25.1 Å². The summed E-state index contributed by atoms with van der Waals surface area (Å²) < 4.78 is 0. The molecule has 0 spiro atoms. The molecule has 152 valence electrons. The highest BCUT2D eigenvalue weighted by Crippen LogP contribution is 2.20. The molecule has 0 aromatic heterocycles. The van der Waals surface area contributed by atoms with E-state index >= 15 is 0 Å². The van der Waals surface area contributed by atoms with E-state index in [9.17, 15) is 4.79 Å². The van der Waals surface area contributed by atoms with Gasteiger partial charge in [0.1, 0.15) is 0 Å². The van der Waals surface area contributed by atoms with Crippen molar-refractivity contribution in [3.05, 3.63) is 29.3 Å². The van der Waals surface area contributed by atoms with Gasteiger partial charge in [0.15, 0.2) is 0 Å². The van der Waals surface area contributed by atoms with Crippen LogP contribution in [0.25, 0.3) is 0 Å². The molecule has 26 heavy (non-hydrogen) atoms. The Kier molecular flexibility index (Phi) is 14.6. The maximum atomic E-state index is 11.9. The summed E-state index contributed by atoms with van der Waals surface area (Å²) in [7, 11) is 0. The zero-order valence-corrected chi connectivity index (χ0v) is 18.4. The molecule has 1 aromatic rings. The number of carbonyl (C=O) groups excluding carboxylic acids is 1. The van der Waals surface area contributed by atoms with Crippen LogP contribution in [0.15, 0.2) is 24.3 Å². The highest BCUT2D eigenvalue weighted by atomic mass is 35.5. The van der Waals surface area contributed by atoms with Crippen molar-refractivity contribution in [2.24, 2.45) is 11.7 Å². The number of hydrogen-bond donors (Lipinski definition) is 2. The number of benzene rings is 1. The maximum Gasteiger partial charge on any atom is 0.224 e. The van der Waals surface area contributed by atoms with Crippen LogP contribution in [0.3, 0.4) is 0 Å². The molecule has 0 saturated carbocycles. The van der Waals surface area contributed by atoms with Gasteiger partial charge in [-0.15, -0.1) is 37.2 Å². The molecule has 0 bridgehead atoms. The lowest BCUT2D eigenvalue weighted by atomic mass is 10.0. The van der Waals surface area contributed by atoms with Gasteiger partial charge in [0.2, 0.25) is 5.91 Å². The zero-order chi connectivity index (χ0) is 16.8. The zero-order valence-electron chi connectivity index (χ0n) is 15.2.